The van der Waals surface area contributed by atoms with Crippen molar-refractivity contribution in [3.05, 3.63) is 193 Å². The van der Waals surface area contributed by atoms with Gasteiger partial charge in [0.15, 0.2) is 17.5 Å². The Labute approximate surface area is 330 Å². The summed E-state index contributed by atoms with van der Waals surface area (Å²) in [6, 6.07) is 63.6. The molecule has 5 heteroatoms. The van der Waals surface area contributed by atoms with E-state index in [0.29, 0.717) is 17.5 Å². The Morgan fingerprint density at radius 2 is 1.05 bits per heavy atom. The van der Waals surface area contributed by atoms with Crippen LogP contribution in [0.3, 0.4) is 0 Å². The number of nitrogens with zero attached hydrogens (tertiary/aromatic N) is 4. The molecule has 0 aliphatic heterocycles. The van der Waals surface area contributed by atoms with Crippen molar-refractivity contribution in [2.45, 2.75) is 19.3 Å². The molecular weight excluding hydrogens is 697 g/mol. The van der Waals surface area contributed by atoms with Crippen LogP contribution in [-0.4, -0.2) is 15.0 Å². The third-order valence-corrected chi connectivity index (χ3v) is 11.5. The smallest absolute Gasteiger partial charge is 0.167 e. The molecular formula is C52H36N4O. The first-order valence-corrected chi connectivity index (χ1v) is 19.4. The normalized spacial score (nSPS) is 12.9. The molecule has 0 amide bonds. The van der Waals surface area contributed by atoms with Gasteiger partial charge in [0.05, 0.1) is 16.6 Å². The number of para-hydroxylation sites is 1. The summed E-state index contributed by atoms with van der Waals surface area (Å²) in [6.45, 7) is 4.66. The minimum absolute atomic E-state index is 0.159. The van der Waals surface area contributed by atoms with Crippen molar-refractivity contribution in [2.24, 2.45) is 0 Å². The van der Waals surface area contributed by atoms with Gasteiger partial charge in [0, 0.05) is 33.3 Å². The van der Waals surface area contributed by atoms with Crippen molar-refractivity contribution in [3.63, 3.8) is 0 Å². The lowest BCUT2D eigenvalue weighted by atomic mass is 9.82. The van der Waals surface area contributed by atoms with E-state index in [1.165, 1.54) is 22.3 Å². The predicted molar refractivity (Wildman–Crippen MR) is 233 cm³/mol. The summed E-state index contributed by atoms with van der Waals surface area (Å²) < 4.78 is 7.02. The molecule has 8 aromatic carbocycles. The number of anilines is 3. The van der Waals surface area contributed by atoms with E-state index in [-0.39, 0.29) is 5.41 Å². The van der Waals surface area contributed by atoms with Gasteiger partial charge in [0.25, 0.3) is 0 Å². The molecule has 0 unspecified atom stereocenters. The number of benzene rings is 8. The van der Waals surface area contributed by atoms with E-state index >= 15 is 0 Å². The third-order valence-electron chi connectivity index (χ3n) is 11.5. The maximum atomic E-state index is 7.02. The zero-order valence-corrected chi connectivity index (χ0v) is 31.5. The van der Waals surface area contributed by atoms with E-state index in [1.807, 2.05) is 60.7 Å². The minimum Gasteiger partial charge on any atom is -0.455 e. The molecule has 2 heterocycles. The lowest BCUT2D eigenvalue weighted by Crippen LogP contribution is -2.16. The highest BCUT2D eigenvalue weighted by Crippen LogP contribution is 2.52. The van der Waals surface area contributed by atoms with Gasteiger partial charge < -0.3 is 9.32 Å². The number of fused-ring (bicyclic) bond motifs is 8. The van der Waals surface area contributed by atoms with Crippen molar-refractivity contribution >= 4 is 49.8 Å². The second-order valence-corrected chi connectivity index (χ2v) is 15.2. The molecule has 0 atom stereocenters. The molecule has 1 aliphatic carbocycles. The summed E-state index contributed by atoms with van der Waals surface area (Å²) in [5.74, 6) is 1.75. The first kappa shape index (κ1) is 33.0. The highest BCUT2D eigenvalue weighted by Gasteiger charge is 2.36. The topological polar surface area (TPSA) is 55.1 Å². The standard InChI is InChI=1S/C52H36N4O/c1-52(2)42-25-15-14-24-39(42)40-28-27-37(32-43(40)52)56(36-21-10-5-11-22-36)44-30-29-41(48-47(44)46-38-23-13-12-16-33(38)26-31-45(46)57-48)51-54-49(34-17-6-3-7-18-34)53-50(55-51)35-19-8-4-9-20-35/h3-32H,1-2H3. The van der Waals surface area contributed by atoms with Crippen LogP contribution in [0.2, 0.25) is 0 Å². The van der Waals surface area contributed by atoms with E-state index < -0.39 is 0 Å². The highest BCUT2D eigenvalue weighted by atomic mass is 16.3. The van der Waals surface area contributed by atoms with Gasteiger partial charge in [-0.1, -0.05) is 153 Å². The monoisotopic (exact) mass is 732 g/mol. The van der Waals surface area contributed by atoms with E-state index in [2.05, 4.69) is 140 Å². The Bertz CT molecular complexity index is 3100. The molecule has 0 N–H and O–H groups in total. The van der Waals surface area contributed by atoms with Gasteiger partial charge >= 0.3 is 0 Å². The number of rotatable bonds is 6. The van der Waals surface area contributed by atoms with Crippen molar-refractivity contribution in [3.8, 4) is 45.3 Å². The Morgan fingerprint density at radius 3 is 1.79 bits per heavy atom. The molecule has 0 bridgehead atoms. The molecule has 0 saturated carbocycles. The van der Waals surface area contributed by atoms with Crippen LogP contribution >= 0.6 is 0 Å². The summed E-state index contributed by atoms with van der Waals surface area (Å²) in [7, 11) is 0. The van der Waals surface area contributed by atoms with Crippen LogP contribution in [-0.2, 0) is 5.41 Å². The maximum Gasteiger partial charge on any atom is 0.167 e. The fourth-order valence-electron chi connectivity index (χ4n) is 8.75. The van der Waals surface area contributed by atoms with Gasteiger partial charge in [0.2, 0.25) is 0 Å². The van der Waals surface area contributed by atoms with Crippen LogP contribution in [0.5, 0.6) is 0 Å². The lowest BCUT2D eigenvalue weighted by Gasteiger charge is -2.29. The van der Waals surface area contributed by atoms with Crippen LogP contribution in [0, 0.1) is 0 Å². The average Bonchev–Trinajstić information content (AvgIpc) is 3.78. The van der Waals surface area contributed by atoms with Gasteiger partial charge in [-0.15, -0.1) is 0 Å². The number of aromatic nitrogens is 3. The minimum atomic E-state index is -0.159. The highest BCUT2D eigenvalue weighted by molar-refractivity contribution is 6.25. The molecule has 10 aromatic rings. The summed E-state index contributed by atoms with van der Waals surface area (Å²) in [4.78, 5) is 17.7. The number of hydrogen-bond acceptors (Lipinski definition) is 5. The van der Waals surface area contributed by atoms with E-state index in [4.69, 9.17) is 19.4 Å². The summed E-state index contributed by atoms with van der Waals surface area (Å²) >= 11 is 0. The zero-order chi connectivity index (χ0) is 38.1. The van der Waals surface area contributed by atoms with Crippen molar-refractivity contribution in [1.29, 1.82) is 0 Å². The first-order valence-electron chi connectivity index (χ1n) is 19.4. The molecule has 57 heavy (non-hydrogen) atoms. The first-order chi connectivity index (χ1) is 28.0. The molecule has 1 aliphatic rings. The molecule has 270 valence electrons. The van der Waals surface area contributed by atoms with E-state index in [1.54, 1.807) is 0 Å². The quantitative estimate of drug-likeness (QED) is 0.170. The van der Waals surface area contributed by atoms with Crippen LogP contribution < -0.4 is 4.90 Å². The summed E-state index contributed by atoms with van der Waals surface area (Å²) in [5.41, 5.74) is 12.4. The van der Waals surface area contributed by atoms with Crippen LogP contribution in [0.15, 0.2) is 186 Å². The van der Waals surface area contributed by atoms with E-state index in [9.17, 15) is 0 Å². The Balaban J connectivity index is 1.21. The van der Waals surface area contributed by atoms with Crippen molar-refractivity contribution in [2.75, 3.05) is 4.90 Å². The molecule has 11 rings (SSSR count). The van der Waals surface area contributed by atoms with E-state index in [0.717, 1.165) is 66.5 Å². The molecule has 5 nitrogen and oxygen atoms in total. The summed E-state index contributed by atoms with van der Waals surface area (Å²) in [5, 5.41) is 4.31. The molecule has 0 radical (unpaired) electrons. The predicted octanol–water partition coefficient (Wildman–Crippen LogP) is 13.7. The van der Waals surface area contributed by atoms with Gasteiger partial charge in [-0.2, -0.15) is 0 Å². The zero-order valence-electron chi connectivity index (χ0n) is 31.5. The van der Waals surface area contributed by atoms with Crippen LogP contribution in [0.1, 0.15) is 25.0 Å². The van der Waals surface area contributed by atoms with Gasteiger partial charge in [-0.25, -0.2) is 15.0 Å². The Morgan fingerprint density at radius 1 is 0.456 bits per heavy atom. The fourth-order valence-corrected chi connectivity index (χ4v) is 8.75. The summed E-state index contributed by atoms with van der Waals surface area (Å²) in [6.07, 6.45) is 0. The van der Waals surface area contributed by atoms with Crippen LogP contribution in [0.25, 0.3) is 78.0 Å². The second-order valence-electron chi connectivity index (χ2n) is 15.2. The Kier molecular flexibility index (Phi) is 7.45. The second kappa shape index (κ2) is 12.9. The molecule has 0 spiro atoms. The third kappa shape index (κ3) is 5.27. The molecule has 2 aromatic heterocycles. The average molecular weight is 733 g/mol. The van der Waals surface area contributed by atoms with Gasteiger partial charge in [-0.05, 0) is 75.5 Å². The SMILES string of the molecule is CC1(C)c2ccccc2-c2ccc(N(c3ccccc3)c3ccc(-c4nc(-c5ccccc5)nc(-c5ccccc5)n4)c4oc5ccc6ccccc6c5c34)cc21. The number of furan rings is 1. The maximum absolute atomic E-state index is 7.02. The fraction of sp³-hybridized carbons (Fsp3) is 0.0577. The van der Waals surface area contributed by atoms with Gasteiger partial charge in [-0.3, -0.25) is 0 Å². The van der Waals surface area contributed by atoms with Crippen LogP contribution in [0.4, 0.5) is 17.1 Å². The van der Waals surface area contributed by atoms with Crippen molar-refractivity contribution in [1.82, 2.24) is 15.0 Å². The lowest BCUT2D eigenvalue weighted by molar-refractivity contribution is 0.660. The molecule has 0 fully saturated rings. The largest absolute Gasteiger partial charge is 0.455 e. The Hall–Kier alpha value is -7.37. The van der Waals surface area contributed by atoms with Gasteiger partial charge in [0.1, 0.15) is 11.2 Å². The number of hydrogen-bond donors (Lipinski definition) is 0. The van der Waals surface area contributed by atoms with Crippen molar-refractivity contribution < 1.29 is 4.42 Å². The molecule has 0 saturated heterocycles.